The molecule has 0 unspecified atom stereocenters. The Morgan fingerprint density at radius 2 is 2.15 bits per heavy atom. The number of H-pyrrole nitrogens is 1. The van der Waals surface area contributed by atoms with Gasteiger partial charge in [-0.15, -0.1) is 0 Å². The molecule has 0 fully saturated rings. The van der Waals surface area contributed by atoms with Crippen LogP contribution in [-0.2, 0) is 22.8 Å². The molecule has 2 aromatic heterocycles. The van der Waals surface area contributed by atoms with Crippen LogP contribution < -0.4 is 4.90 Å². The number of nitrogens with zero attached hydrogens (tertiary/aromatic N) is 3. The minimum atomic E-state index is -3.36. The highest BCUT2D eigenvalue weighted by Crippen LogP contribution is 2.29. The molecular weight excluding hydrogens is 372 g/mol. The summed E-state index contributed by atoms with van der Waals surface area (Å²) in [6, 6.07) is 6.10. The number of sulfone groups is 1. The Balaban J connectivity index is 1.58. The van der Waals surface area contributed by atoms with Gasteiger partial charge in [-0.05, 0) is 12.1 Å². The number of benzene rings is 1. The SMILES string of the molecule is CS(=O)(=O)c1cccc(C(=O)c2cnc(N3CCc4[nH]ncc4C3)s2)c1. The van der Waals surface area contributed by atoms with Gasteiger partial charge in [-0.3, -0.25) is 9.89 Å². The van der Waals surface area contributed by atoms with Crippen LogP contribution in [0.5, 0.6) is 0 Å². The standard InChI is InChI=1S/C17H16N4O3S2/c1-26(23,24)13-4-2-3-11(7-13)16(22)15-9-18-17(25-15)21-6-5-14-12(10-21)8-19-20-14/h2-4,7-9H,5-6,10H2,1H3,(H,19,20). The molecule has 0 radical (unpaired) electrons. The minimum absolute atomic E-state index is 0.136. The second-order valence-corrected chi connectivity index (χ2v) is 9.21. The number of aromatic amines is 1. The van der Waals surface area contributed by atoms with Crippen molar-refractivity contribution in [1.82, 2.24) is 15.2 Å². The van der Waals surface area contributed by atoms with Crippen LogP contribution >= 0.6 is 11.3 Å². The lowest BCUT2D eigenvalue weighted by Crippen LogP contribution is -2.29. The van der Waals surface area contributed by atoms with Gasteiger partial charge in [0.15, 0.2) is 15.0 Å². The Kier molecular flexibility index (Phi) is 4.12. The van der Waals surface area contributed by atoms with Gasteiger partial charge in [0.2, 0.25) is 5.78 Å². The fourth-order valence-corrected chi connectivity index (χ4v) is 4.48. The molecule has 3 heterocycles. The maximum atomic E-state index is 12.7. The summed E-state index contributed by atoms with van der Waals surface area (Å²) in [5, 5.41) is 7.83. The van der Waals surface area contributed by atoms with Gasteiger partial charge in [0.05, 0.1) is 22.2 Å². The number of aromatic nitrogens is 3. The minimum Gasteiger partial charge on any atom is -0.343 e. The van der Waals surface area contributed by atoms with E-state index in [9.17, 15) is 13.2 Å². The van der Waals surface area contributed by atoms with Crippen molar-refractivity contribution in [2.24, 2.45) is 0 Å². The number of ketones is 1. The number of hydrogen-bond acceptors (Lipinski definition) is 7. The summed E-state index contributed by atoms with van der Waals surface area (Å²) in [5.41, 5.74) is 2.63. The smallest absolute Gasteiger partial charge is 0.204 e. The van der Waals surface area contributed by atoms with Gasteiger partial charge in [-0.2, -0.15) is 5.10 Å². The molecule has 0 amide bonds. The van der Waals surface area contributed by atoms with Gasteiger partial charge in [0.25, 0.3) is 0 Å². The van der Waals surface area contributed by atoms with Crippen LogP contribution in [-0.4, -0.2) is 42.2 Å². The number of hydrogen-bond donors (Lipinski definition) is 1. The largest absolute Gasteiger partial charge is 0.343 e. The molecule has 0 atom stereocenters. The van der Waals surface area contributed by atoms with Crippen molar-refractivity contribution < 1.29 is 13.2 Å². The van der Waals surface area contributed by atoms with Crippen LogP contribution in [0.3, 0.4) is 0 Å². The number of carbonyl (C=O) groups excluding carboxylic acids is 1. The number of nitrogens with one attached hydrogen (secondary N) is 1. The third kappa shape index (κ3) is 3.15. The first-order valence-electron chi connectivity index (χ1n) is 7.98. The molecule has 1 aliphatic rings. The van der Waals surface area contributed by atoms with Crippen molar-refractivity contribution in [3.63, 3.8) is 0 Å². The zero-order chi connectivity index (χ0) is 18.3. The Bertz CT molecular complexity index is 1080. The van der Waals surface area contributed by atoms with E-state index in [-0.39, 0.29) is 10.7 Å². The van der Waals surface area contributed by atoms with E-state index in [1.54, 1.807) is 18.3 Å². The first-order chi connectivity index (χ1) is 12.4. The van der Waals surface area contributed by atoms with Crippen LogP contribution in [0.4, 0.5) is 5.13 Å². The predicted octanol–water partition coefficient (Wildman–Crippen LogP) is 2.06. The molecule has 7 nitrogen and oxygen atoms in total. The molecule has 1 N–H and O–H groups in total. The maximum Gasteiger partial charge on any atom is 0.204 e. The quantitative estimate of drug-likeness (QED) is 0.688. The second-order valence-electron chi connectivity index (χ2n) is 6.18. The lowest BCUT2D eigenvalue weighted by Gasteiger charge is -2.25. The highest BCUT2D eigenvalue weighted by atomic mass is 32.2. The molecule has 3 aromatic rings. The molecule has 0 bridgehead atoms. The summed E-state index contributed by atoms with van der Waals surface area (Å²) < 4.78 is 23.4. The van der Waals surface area contributed by atoms with E-state index in [4.69, 9.17) is 0 Å². The molecule has 0 saturated carbocycles. The molecule has 134 valence electrons. The number of carbonyl (C=O) groups is 1. The third-order valence-corrected chi connectivity index (χ3v) is 6.48. The lowest BCUT2D eigenvalue weighted by atomic mass is 10.1. The van der Waals surface area contributed by atoms with Gasteiger partial charge in [0.1, 0.15) is 0 Å². The fraction of sp³-hybridized carbons (Fsp3) is 0.235. The Labute approximate surface area is 154 Å². The van der Waals surface area contributed by atoms with Crippen molar-refractivity contribution in [2.75, 3.05) is 17.7 Å². The van der Waals surface area contributed by atoms with E-state index in [1.807, 2.05) is 6.20 Å². The highest BCUT2D eigenvalue weighted by Gasteiger charge is 2.22. The van der Waals surface area contributed by atoms with Crippen molar-refractivity contribution in [3.05, 3.63) is 58.4 Å². The summed E-state index contributed by atoms with van der Waals surface area (Å²) in [5.74, 6) is -0.222. The van der Waals surface area contributed by atoms with Gasteiger partial charge in [-0.1, -0.05) is 23.5 Å². The molecule has 26 heavy (non-hydrogen) atoms. The Hall–Kier alpha value is -2.52. The molecule has 0 saturated heterocycles. The molecule has 9 heteroatoms. The number of fused-ring (bicyclic) bond motifs is 1. The second kappa shape index (κ2) is 6.33. The van der Waals surface area contributed by atoms with Crippen LogP contribution in [0.2, 0.25) is 0 Å². The Morgan fingerprint density at radius 1 is 1.31 bits per heavy atom. The van der Waals surface area contributed by atoms with Gasteiger partial charge < -0.3 is 4.90 Å². The zero-order valence-electron chi connectivity index (χ0n) is 14.0. The molecule has 4 rings (SSSR count). The topological polar surface area (TPSA) is 96.0 Å². The third-order valence-electron chi connectivity index (χ3n) is 4.31. The van der Waals surface area contributed by atoms with Crippen molar-refractivity contribution in [3.8, 4) is 0 Å². The van der Waals surface area contributed by atoms with Crippen LogP contribution in [0.25, 0.3) is 0 Å². The highest BCUT2D eigenvalue weighted by molar-refractivity contribution is 7.90. The predicted molar refractivity (Wildman–Crippen MR) is 98.4 cm³/mol. The van der Waals surface area contributed by atoms with Gasteiger partial charge >= 0.3 is 0 Å². The normalized spacial score (nSPS) is 14.3. The van der Waals surface area contributed by atoms with E-state index in [2.05, 4.69) is 20.1 Å². The number of thiazole rings is 1. The zero-order valence-corrected chi connectivity index (χ0v) is 15.6. The lowest BCUT2D eigenvalue weighted by molar-refractivity contribution is 0.104. The van der Waals surface area contributed by atoms with Crippen LogP contribution in [0.1, 0.15) is 26.5 Å². The van der Waals surface area contributed by atoms with Crippen molar-refractivity contribution >= 4 is 32.1 Å². The maximum absolute atomic E-state index is 12.7. The van der Waals surface area contributed by atoms with Crippen LogP contribution in [0.15, 0.2) is 41.6 Å². The first kappa shape index (κ1) is 16.9. The number of anilines is 1. The summed E-state index contributed by atoms with van der Waals surface area (Å²) in [6.45, 7) is 1.51. The van der Waals surface area contributed by atoms with Gasteiger partial charge in [-0.25, -0.2) is 13.4 Å². The molecule has 1 aliphatic heterocycles. The average molecular weight is 388 g/mol. The van der Waals surface area contributed by atoms with E-state index < -0.39 is 9.84 Å². The summed E-state index contributed by atoms with van der Waals surface area (Å²) >= 11 is 1.32. The summed E-state index contributed by atoms with van der Waals surface area (Å²) in [6.07, 6.45) is 5.36. The van der Waals surface area contributed by atoms with E-state index in [0.29, 0.717) is 17.0 Å². The van der Waals surface area contributed by atoms with Crippen LogP contribution in [0, 0.1) is 0 Å². The summed E-state index contributed by atoms with van der Waals surface area (Å²) in [4.78, 5) is 19.9. The van der Waals surface area contributed by atoms with Gasteiger partial charge in [0, 0.05) is 42.6 Å². The van der Waals surface area contributed by atoms with E-state index >= 15 is 0 Å². The first-order valence-corrected chi connectivity index (χ1v) is 10.7. The molecular formula is C17H16N4O3S2. The molecule has 0 aliphatic carbocycles. The van der Waals surface area contributed by atoms with E-state index in [1.165, 1.54) is 23.5 Å². The molecule has 0 spiro atoms. The summed E-state index contributed by atoms with van der Waals surface area (Å²) in [7, 11) is -3.36. The Morgan fingerprint density at radius 3 is 2.96 bits per heavy atom. The van der Waals surface area contributed by atoms with E-state index in [0.717, 1.165) is 35.6 Å². The van der Waals surface area contributed by atoms with Crippen molar-refractivity contribution in [1.29, 1.82) is 0 Å². The molecule has 1 aromatic carbocycles. The average Bonchev–Trinajstić information content (AvgIpc) is 3.29. The fourth-order valence-electron chi connectivity index (χ4n) is 2.91. The monoisotopic (exact) mass is 388 g/mol. The van der Waals surface area contributed by atoms with Crippen molar-refractivity contribution in [2.45, 2.75) is 17.9 Å². The number of rotatable bonds is 4.